The molecule has 1 aliphatic rings. The fraction of sp³-hybridized carbons (Fsp3) is 0.300. The van der Waals surface area contributed by atoms with Crippen LogP contribution in [0.2, 0.25) is 0 Å². The number of halogens is 2. The highest BCUT2D eigenvalue weighted by Crippen LogP contribution is 2.47. The average molecular weight is 198 g/mol. The molecule has 0 aromatic heterocycles. The van der Waals surface area contributed by atoms with Crippen LogP contribution in [0.25, 0.3) is 0 Å². The molecule has 1 N–H and O–H groups in total. The first-order valence-corrected chi connectivity index (χ1v) is 4.27. The first kappa shape index (κ1) is 9.12. The van der Waals surface area contributed by atoms with Gasteiger partial charge in [-0.2, -0.15) is 0 Å². The van der Waals surface area contributed by atoms with Gasteiger partial charge in [-0.05, 0) is 30.0 Å². The van der Waals surface area contributed by atoms with E-state index in [2.05, 4.69) is 0 Å². The lowest BCUT2D eigenvalue weighted by atomic mass is 10.1. The Bertz CT molecular complexity index is 390. The van der Waals surface area contributed by atoms with Crippen molar-refractivity contribution in [1.82, 2.24) is 0 Å². The summed E-state index contributed by atoms with van der Waals surface area (Å²) in [5.41, 5.74) is 0.566. The molecule has 4 heteroatoms. The number of carboxylic acid groups (broad SMARTS) is 1. The second-order valence-corrected chi connectivity index (χ2v) is 3.46. The summed E-state index contributed by atoms with van der Waals surface area (Å²) < 4.78 is 25.3. The fourth-order valence-corrected chi connectivity index (χ4v) is 1.58. The van der Waals surface area contributed by atoms with Crippen LogP contribution in [0.1, 0.15) is 17.9 Å². The summed E-state index contributed by atoms with van der Waals surface area (Å²) >= 11 is 0. The van der Waals surface area contributed by atoms with Gasteiger partial charge in [0.2, 0.25) is 0 Å². The summed E-state index contributed by atoms with van der Waals surface area (Å²) in [4.78, 5) is 10.5. The molecular formula is C10H8F2O2. The largest absolute Gasteiger partial charge is 0.481 e. The van der Waals surface area contributed by atoms with E-state index in [1.54, 1.807) is 0 Å². The van der Waals surface area contributed by atoms with Gasteiger partial charge >= 0.3 is 5.97 Å². The van der Waals surface area contributed by atoms with Crippen LogP contribution in [0.5, 0.6) is 0 Å². The summed E-state index contributed by atoms with van der Waals surface area (Å²) in [5.74, 6) is -3.28. The number of carboxylic acids is 1. The second kappa shape index (κ2) is 3.04. The van der Waals surface area contributed by atoms with Gasteiger partial charge in [-0.15, -0.1) is 0 Å². The van der Waals surface area contributed by atoms with Gasteiger partial charge in [0.25, 0.3) is 0 Å². The summed E-state index contributed by atoms with van der Waals surface area (Å²) in [6.07, 6.45) is 0.514. The quantitative estimate of drug-likeness (QED) is 0.790. The third-order valence-corrected chi connectivity index (χ3v) is 2.48. The van der Waals surface area contributed by atoms with Crippen LogP contribution < -0.4 is 0 Å². The van der Waals surface area contributed by atoms with Crippen LogP contribution in [-0.2, 0) is 4.79 Å². The summed E-state index contributed by atoms with van der Waals surface area (Å²) in [6, 6.07) is 3.54. The minimum atomic E-state index is -0.918. The topological polar surface area (TPSA) is 37.3 Å². The minimum Gasteiger partial charge on any atom is -0.481 e. The lowest BCUT2D eigenvalue weighted by Gasteiger charge is -1.99. The molecule has 74 valence electrons. The fourth-order valence-electron chi connectivity index (χ4n) is 1.58. The van der Waals surface area contributed by atoms with Crippen molar-refractivity contribution in [3.05, 3.63) is 35.4 Å². The third-order valence-electron chi connectivity index (χ3n) is 2.48. The smallest absolute Gasteiger partial charge is 0.307 e. The molecule has 2 rings (SSSR count). The van der Waals surface area contributed by atoms with Gasteiger partial charge in [-0.1, -0.05) is 6.07 Å². The highest BCUT2D eigenvalue weighted by atomic mass is 19.2. The molecule has 1 aromatic carbocycles. The lowest BCUT2D eigenvalue weighted by molar-refractivity contribution is -0.138. The van der Waals surface area contributed by atoms with Gasteiger partial charge in [-0.25, -0.2) is 8.78 Å². The van der Waals surface area contributed by atoms with Gasteiger partial charge in [0.15, 0.2) is 11.6 Å². The summed E-state index contributed by atoms with van der Waals surface area (Å²) in [5, 5.41) is 8.64. The van der Waals surface area contributed by atoms with Gasteiger partial charge in [0, 0.05) is 0 Å². The molecule has 0 amide bonds. The highest BCUT2D eigenvalue weighted by molar-refractivity contribution is 5.75. The Kier molecular flexibility index (Phi) is 1.98. The van der Waals surface area contributed by atoms with Gasteiger partial charge < -0.3 is 5.11 Å². The average Bonchev–Trinajstić information content (AvgIpc) is 2.89. The Morgan fingerprint density at radius 3 is 2.57 bits per heavy atom. The van der Waals surface area contributed by atoms with Crippen molar-refractivity contribution in [3.63, 3.8) is 0 Å². The lowest BCUT2D eigenvalue weighted by Crippen LogP contribution is -1.99. The number of rotatable bonds is 2. The molecule has 1 unspecified atom stereocenters. The molecule has 1 fully saturated rings. The number of aliphatic carboxylic acids is 1. The Morgan fingerprint density at radius 2 is 2.07 bits per heavy atom. The van der Waals surface area contributed by atoms with Crippen LogP contribution in [0, 0.1) is 17.6 Å². The standard InChI is InChI=1S/C10H8F2O2/c11-8-2-1-5(3-9(8)12)6-4-7(6)10(13)14/h1-3,6-7H,4H2,(H,13,14)/t6?,7-/m1/s1. The second-order valence-electron chi connectivity index (χ2n) is 3.46. The minimum absolute atomic E-state index is 0.150. The van der Waals surface area contributed by atoms with E-state index in [9.17, 15) is 13.6 Å². The van der Waals surface area contributed by atoms with Gasteiger partial charge in [-0.3, -0.25) is 4.79 Å². The van der Waals surface area contributed by atoms with E-state index in [-0.39, 0.29) is 5.92 Å². The zero-order chi connectivity index (χ0) is 10.3. The molecule has 0 spiro atoms. The molecule has 0 aliphatic heterocycles. The molecule has 1 saturated carbocycles. The number of carbonyl (C=O) groups is 1. The van der Waals surface area contributed by atoms with E-state index >= 15 is 0 Å². The SMILES string of the molecule is O=C(O)[C@@H]1CC1c1ccc(F)c(F)c1. The number of hydrogen-bond donors (Lipinski definition) is 1. The predicted octanol–water partition coefficient (Wildman–Crippen LogP) is 2.15. The molecule has 1 aromatic rings. The third kappa shape index (κ3) is 1.47. The Hall–Kier alpha value is -1.45. The number of benzene rings is 1. The maximum absolute atomic E-state index is 12.8. The van der Waals surface area contributed by atoms with Crippen molar-refractivity contribution in [2.24, 2.45) is 5.92 Å². The van der Waals surface area contributed by atoms with Crippen molar-refractivity contribution < 1.29 is 18.7 Å². The highest BCUT2D eigenvalue weighted by Gasteiger charge is 2.44. The monoisotopic (exact) mass is 198 g/mol. The van der Waals surface area contributed by atoms with E-state index < -0.39 is 23.5 Å². The Balaban J connectivity index is 2.20. The molecule has 2 atom stereocenters. The van der Waals surface area contributed by atoms with E-state index in [1.165, 1.54) is 6.07 Å². The maximum atomic E-state index is 12.8. The summed E-state index contributed by atoms with van der Waals surface area (Å²) in [7, 11) is 0. The van der Waals surface area contributed by atoms with Crippen LogP contribution in [-0.4, -0.2) is 11.1 Å². The molecule has 14 heavy (non-hydrogen) atoms. The molecule has 0 radical (unpaired) electrons. The molecule has 2 nitrogen and oxygen atoms in total. The van der Waals surface area contributed by atoms with Crippen molar-refractivity contribution in [2.75, 3.05) is 0 Å². The van der Waals surface area contributed by atoms with Crippen LogP contribution in [0.3, 0.4) is 0 Å². The van der Waals surface area contributed by atoms with E-state index in [1.807, 2.05) is 0 Å². The Labute approximate surface area is 79.2 Å². The van der Waals surface area contributed by atoms with Crippen molar-refractivity contribution in [1.29, 1.82) is 0 Å². The molecular weight excluding hydrogens is 190 g/mol. The number of hydrogen-bond acceptors (Lipinski definition) is 1. The predicted molar refractivity (Wildman–Crippen MR) is 44.8 cm³/mol. The van der Waals surface area contributed by atoms with Crippen molar-refractivity contribution in [2.45, 2.75) is 12.3 Å². The molecule has 0 heterocycles. The maximum Gasteiger partial charge on any atom is 0.307 e. The molecule has 0 saturated heterocycles. The Morgan fingerprint density at radius 1 is 1.36 bits per heavy atom. The first-order valence-electron chi connectivity index (χ1n) is 4.27. The normalized spacial score (nSPS) is 24.7. The molecule has 1 aliphatic carbocycles. The summed E-state index contributed by atoms with van der Waals surface area (Å²) in [6.45, 7) is 0. The first-order chi connectivity index (χ1) is 6.59. The molecule has 0 bridgehead atoms. The van der Waals surface area contributed by atoms with Gasteiger partial charge in [0.05, 0.1) is 5.92 Å². The zero-order valence-electron chi connectivity index (χ0n) is 7.21. The van der Waals surface area contributed by atoms with E-state index in [4.69, 9.17) is 5.11 Å². The van der Waals surface area contributed by atoms with E-state index in [0.717, 1.165) is 12.1 Å². The van der Waals surface area contributed by atoms with E-state index in [0.29, 0.717) is 12.0 Å². The van der Waals surface area contributed by atoms with Crippen LogP contribution in [0.4, 0.5) is 8.78 Å². The zero-order valence-corrected chi connectivity index (χ0v) is 7.21. The van der Waals surface area contributed by atoms with Crippen molar-refractivity contribution in [3.8, 4) is 0 Å². The van der Waals surface area contributed by atoms with Crippen molar-refractivity contribution >= 4 is 5.97 Å². The van der Waals surface area contributed by atoms with Crippen LogP contribution >= 0.6 is 0 Å². The van der Waals surface area contributed by atoms with Crippen LogP contribution in [0.15, 0.2) is 18.2 Å². The van der Waals surface area contributed by atoms with Gasteiger partial charge in [0.1, 0.15) is 0 Å².